The molecule has 4 nitrogen and oxygen atoms in total. The summed E-state index contributed by atoms with van der Waals surface area (Å²) in [4.78, 5) is 23.4. The highest BCUT2D eigenvalue weighted by molar-refractivity contribution is 6.33. The first kappa shape index (κ1) is 18.8. The van der Waals surface area contributed by atoms with Gasteiger partial charge in [0.15, 0.2) is 5.78 Å². The van der Waals surface area contributed by atoms with Crippen molar-refractivity contribution >= 4 is 29.0 Å². The van der Waals surface area contributed by atoms with Gasteiger partial charge in [0.05, 0.1) is 28.3 Å². The first-order chi connectivity index (χ1) is 11.7. The standard InChI is InChI=1S/C17H13ClF3NO3/c18-12-7-6-11(17(19,20)21)8-13(12)22-14(16(24)25)9-15(23)10-4-2-1-3-5-10/h1-8,14,22H,9H2,(H,24,25)/p-1/t14-/m1/s1. The Kier molecular flexibility index (Phi) is 5.69. The number of alkyl halides is 3. The van der Waals surface area contributed by atoms with Crippen LogP contribution in [0.25, 0.3) is 0 Å². The van der Waals surface area contributed by atoms with E-state index in [1.165, 1.54) is 12.1 Å². The molecule has 0 fully saturated rings. The van der Waals surface area contributed by atoms with Gasteiger partial charge in [0.25, 0.3) is 0 Å². The number of benzene rings is 2. The second-order valence-corrected chi connectivity index (χ2v) is 5.61. The number of halogens is 4. The number of carboxylic acids is 1. The van der Waals surface area contributed by atoms with Crippen molar-refractivity contribution in [2.75, 3.05) is 5.32 Å². The predicted octanol–water partition coefficient (Wildman–Crippen LogP) is 3.16. The molecule has 0 aliphatic carbocycles. The molecule has 0 bridgehead atoms. The van der Waals surface area contributed by atoms with Gasteiger partial charge in [-0.05, 0) is 18.2 Å². The van der Waals surface area contributed by atoms with Gasteiger partial charge in [-0.25, -0.2) is 0 Å². The molecular weight excluding hydrogens is 359 g/mol. The minimum Gasteiger partial charge on any atom is -0.548 e. The van der Waals surface area contributed by atoms with Crippen LogP contribution in [0.1, 0.15) is 22.3 Å². The Morgan fingerprint density at radius 1 is 1.12 bits per heavy atom. The molecule has 1 N–H and O–H groups in total. The van der Waals surface area contributed by atoms with Crippen LogP contribution in [-0.4, -0.2) is 17.8 Å². The van der Waals surface area contributed by atoms with Gasteiger partial charge >= 0.3 is 6.18 Å². The van der Waals surface area contributed by atoms with E-state index < -0.39 is 36.0 Å². The predicted molar refractivity (Wildman–Crippen MR) is 84.3 cm³/mol. The molecule has 25 heavy (non-hydrogen) atoms. The van der Waals surface area contributed by atoms with E-state index in [4.69, 9.17) is 11.6 Å². The zero-order chi connectivity index (χ0) is 18.6. The monoisotopic (exact) mass is 370 g/mol. The normalized spacial score (nSPS) is 12.5. The lowest BCUT2D eigenvalue weighted by Crippen LogP contribution is -2.42. The van der Waals surface area contributed by atoms with Crippen LogP contribution in [-0.2, 0) is 11.0 Å². The molecule has 0 radical (unpaired) electrons. The van der Waals surface area contributed by atoms with Crippen LogP contribution in [0.5, 0.6) is 0 Å². The zero-order valence-corrected chi connectivity index (χ0v) is 13.4. The van der Waals surface area contributed by atoms with E-state index in [0.29, 0.717) is 6.07 Å². The average molecular weight is 371 g/mol. The van der Waals surface area contributed by atoms with Crippen LogP contribution >= 0.6 is 11.6 Å². The van der Waals surface area contributed by atoms with Crippen molar-refractivity contribution in [2.24, 2.45) is 0 Å². The summed E-state index contributed by atoms with van der Waals surface area (Å²) in [5.41, 5.74) is -0.955. The fourth-order valence-electron chi connectivity index (χ4n) is 2.12. The van der Waals surface area contributed by atoms with Crippen molar-refractivity contribution in [3.8, 4) is 0 Å². The maximum absolute atomic E-state index is 12.8. The summed E-state index contributed by atoms with van der Waals surface area (Å²) in [5.74, 6) is -2.12. The third-order valence-electron chi connectivity index (χ3n) is 3.39. The lowest BCUT2D eigenvalue weighted by Gasteiger charge is -2.22. The van der Waals surface area contributed by atoms with Crippen LogP contribution in [0.4, 0.5) is 18.9 Å². The summed E-state index contributed by atoms with van der Waals surface area (Å²) in [7, 11) is 0. The third-order valence-corrected chi connectivity index (χ3v) is 3.72. The number of hydrogen-bond donors (Lipinski definition) is 1. The van der Waals surface area contributed by atoms with Gasteiger partial charge in [0.1, 0.15) is 0 Å². The Labute approximate surface area is 146 Å². The number of Topliss-reactive ketones (excluding diaryl/α,β-unsaturated/α-hetero) is 1. The Morgan fingerprint density at radius 2 is 1.76 bits per heavy atom. The van der Waals surface area contributed by atoms with Crippen molar-refractivity contribution < 1.29 is 27.9 Å². The molecule has 2 aromatic carbocycles. The number of hydrogen-bond acceptors (Lipinski definition) is 4. The molecule has 0 saturated carbocycles. The van der Waals surface area contributed by atoms with Gasteiger partial charge in [-0.3, -0.25) is 4.79 Å². The van der Waals surface area contributed by atoms with E-state index in [-0.39, 0.29) is 16.3 Å². The first-order valence-electron chi connectivity index (χ1n) is 7.11. The van der Waals surface area contributed by atoms with E-state index in [1.807, 2.05) is 0 Å². The minimum absolute atomic E-state index is 0.105. The number of aliphatic carboxylic acids is 1. The van der Waals surface area contributed by atoms with Gasteiger partial charge in [-0.1, -0.05) is 41.9 Å². The Morgan fingerprint density at radius 3 is 2.32 bits per heavy atom. The summed E-state index contributed by atoms with van der Waals surface area (Å²) in [6.07, 6.45) is -5.11. The van der Waals surface area contributed by atoms with E-state index in [1.54, 1.807) is 18.2 Å². The topological polar surface area (TPSA) is 69.2 Å². The van der Waals surface area contributed by atoms with Gasteiger partial charge in [-0.15, -0.1) is 0 Å². The summed E-state index contributed by atoms with van der Waals surface area (Å²) in [5, 5.41) is 13.5. The Bertz CT molecular complexity index is 778. The Balaban J connectivity index is 2.22. The number of carbonyl (C=O) groups excluding carboxylic acids is 2. The molecule has 2 rings (SSSR count). The Hall–Kier alpha value is -2.54. The molecule has 0 amide bonds. The van der Waals surface area contributed by atoms with Crippen molar-refractivity contribution in [1.29, 1.82) is 0 Å². The minimum atomic E-state index is -4.61. The summed E-state index contributed by atoms with van der Waals surface area (Å²) >= 11 is 5.82. The molecule has 0 aliphatic heterocycles. The lowest BCUT2D eigenvalue weighted by atomic mass is 10.0. The molecule has 0 saturated heterocycles. The van der Waals surface area contributed by atoms with Crippen molar-refractivity contribution in [3.63, 3.8) is 0 Å². The first-order valence-corrected chi connectivity index (χ1v) is 7.48. The number of anilines is 1. The molecule has 132 valence electrons. The van der Waals surface area contributed by atoms with Gasteiger partial charge in [0, 0.05) is 12.0 Å². The summed E-state index contributed by atoms with van der Waals surface area (Å²) in [6.45, 7) is 0. The molecule has 2 aromatic rings. The van der Waals surface area contributed by atoms with E-state index in [0.717, 1.165) is 12.1 Å². The van der Waals surface area contributed by atoms with Gasteiger partial charge in [-0.2, -0.15) is 13.2 Å². The number of carboxylic acid groups (broad SMARTS) is 1. The van der Waals surface area contributed by atoms with Crippen molar-refractivity contribution in [3.05, 3.63) is 64.7 Å². The molecule has 0 unspecified atom stereocenters. The molecule has 0 aromatic heterocycles. The quantitative estimate of drug-likeness (QED) is 0.793. The number of ketones is 1. The van der Waals surface area contributed by atoms with Gasteiger partial charge < -0.3 is 15.2 Å². The smallest absolute Gasteiger partial charge is 0.416 e. The SMILES string of the molecule is O=C(C[C@@H](Nc1cc(C(F)(F)F)ccc1Cl)C(=O)[O-])c1ccccc1. The summed E-state index contributed by atoms with van der Waals surface area (Å²) < 4.78 is 38.3. The van der Waals surface area contributed by atoms with Gasteiger partial charge in [0.2, 0.25) is 0 Å². The van der Waals surface area contributed by atoms with E-state index in [9.17, 15) is 27.9 Å². The highest BCUT2D eigenvalue weighted by Gasteiger charge is 2.31. The second-order valence-electron chi connectivity index (χ2n) is 5.20. The fourth-order valence-corrected chi connectivity index (χ4v) is 2.29. The molecule has 0 spiro atoms. The molecule has 1 atom stereocenters. The largest absolute Gasteiger partial charge is 0.548 e. The van der Waals surface area contributed by atoms with Crippen molar-refractivity contribution in [2.45, 2.75) is 18.6 Å². The molecule has 8 heteroatoms. The molecular formula is C17H12ClF3NO3-. The van der Waals surface area contributed by atoms with Crippen LogP contribution in [0.3, 0.4) is 0 Å². The average Bonchev–Trinajstić information content (AvgIpc) is 2.55. The van der Waals surface area contributed by atoms with Crippen molar-refractivity contribution in [1.82, 2.24) is 0 Å². The van der Waals surface area contributed by atoms with Crippen LogP contribution in [0.15, 0.2) is 48.5 Å². The molecule has 0 aliphatic rings. The number of rotatable bonds is 6. The van der Waals surface area contributed by atoms with Crippen LogP contribution < -0.4 is 10.4 Å². The third kappa shape index (κ3) is 4.96. The number of carbonyl (C=O) groups is 2. The highest BCUT2D eigenvalue weighted by Crippen LogP contribution is 2.34. The zero-order valence-electron chi connectivity index (χ0n) is 12.6. The van der Waals surface area contributed by atoms with Crippen LogP contribution in [0.2, 0.25) is 5.02 Å². The maximum Gasteiger partial charge on any atom is 0.416 e. The fraction of sp³-hybridized carbons (Fsp3) is 0.176. The number of nitrogens with one attached hydrogen (secondary N) is 1. The maximum atomic E-state index is 12.8. The highest BCUT2D eigenvalue weighted by atomic mass is 35.5. The van der Waals surface area contributed by atoms with E-state index in [2.05, 4.69) is 5.32 Å². The van der Waals surface area contributed by atoms with E-state index >= 15 is 0 Å². The molecule has 0 heterocycles. The second kappa shape index (κ2) is 7.57. The van der Waals surface area contributed by atoms with Crippen LogP contribution in [0, 0.1) is 0 Å². The summed E-state index contributed by atoms with van der Waals surface area (Å²) in [6, 6.07) is 8.84. The lowest BCUT2D eigenvalue weighted by molar-refractivity contribution is -0.306.